The lowest BCUT2D eigenvalue weighted by molar-refractivity contribution is 0.0517. The number of nitrogens with zero attached hydrogens (tertiary/aromatic N) is 1. The third-order valence-corrected chi connectivity index (χ3v) is 4.18. The third kappa shape index (κ3) is 7.55. The van der Waals surface area contributed by atoms with Gasteiger partial charge in [-0.15, -0.1) is 0 Å². The highest BCUT2D eigenvalue weighted by atomic mass is 35.5. The van der Waals surface area contributed by atoms with Crippen LogP contribution in [0.5, 0.6) is 0 Å². The van der Waals surface area contributed by atoms with Crippen molar-refractivity contribution in [2.45, 2.75) is 45.8 Å². The summed E-state index contributed by atoms with van der Waals surface area (Å²) in [6, 6.07) is 12.6. The molecule has 0 aliphatic heterocycles. The Balaban J connectivity index is 2.18. The topological polar surface area (TPSA) is 89.5 Å². The highest BCUT2D eigenvalue weighted by Gasteiger charge is 2.20. The van der Waals surface area contributed by atoms with Crippen molar-refractivity contribution < 1.29 is 19.1 Å². The van der Waals surface area contributed by atoms with Gasteiger partial charge >= 0.3 is 12.1 Å². The number of rotatable bonds is 8. The average molecular weight is 434 g/mol. The van der Waals surface area contributed by atoms with Gasteiger partial charge in [0.1, 0.15) is 22.1 Å². The van der Waals surface area contributed by atoms with E-state index in [-0.39, 0.29) is 17.8 Å². The summed E-state index contributed by atoms with van der Waals surface area (Å²) in [5.74, 6) is -0.157. The molecule has 0 aliphatic carbocycles. The fraction of sp³-hybridized carbons (Fsp3) is 0.409. The molecule has 0 fully saturated rings. The molecule has 1 heterocycles. The molecule has 0 radical (unpaired) electrons. The van der Waals surface area contributed by atoms with E-state index < -0.39 is 17.7 Å². The van der Waals surface area contributed by atoms with E-state index in [4.69, 9.17) is 21.1 Å². The molecule has 0 aliphatic rings. The van der Waals surface area contributed by atoms with Crippen LogP contribution in [0, 0.1) is 0 Å². The highest BCUT2D eigenvalue weighted by Crippen LogP contribution is 2.25. The largest absolute Gasteiger partial charge is 0.462 e. The average Bonchev–Trinajstić information content (AvgIpc) is 2.66. The number of esters is 1. The van der Waals surface area contributed by atoms with Crippen LogP contribution in [0.15, 0.2) is 42.5 Å². The quantitative estimate of drug-likeness (QED) is 0.450. The van der Waals surface area contributed by atoms with Crippen LogP contribution in [0.1, 0.15) is 56.1 Å². The molecular weight excluding hydrogens is 406 g/mol. The molecule has 162 valence electrons. The first-order valence-corrected chi connectivity index (χ1v) is 10.2. The van der Waals surface area contributed by atoms with Gasteiger partial charge in [0.2, 0.25) is 0 Å². The third-order valence-electron chi connectivity index (χ3n) is 3.97. The van der Waals surface area contributed by atoms with Crippen molar-refractivity contribution in [1.29, 1.82) is 0 Å². The summed E-state index contributed by atoms with van der Waals surface area (Å²) in [4.78, 5) is 28.5. The van der Waals surface area contributed by atoms with Gasteiger partial charge in [-0.1, -0.05) is 41.9 Å². The number of hydrogen-bond acceptors (Lipinski definition) is 6. The lowest BCUT2D eigenvalue weighted by Gasteiger charge is -2.23. The molecule has 1 aromatic carbocycles. The SMILES string of the molecule is CCOC(=O)c1ccc(Cl)nc1NC(CCNC(=O)OC(C)(C)C)c1ccccc1. The Morgan fingerprint density at radius 1 is 1.13 bits per heavy atom. The number of pyridine rings is 1. The molecule has 0 bridgehead atoms. The molecular formula is C22H28ClN3O4. The van der Waals surface area contributed by atoms with Gasteiger partial charge in [-0.3, -0.25) is 0 Å². The normalized spacial score (nSPS) is 12.0. The van der Waals surface area contributed by atoms with Gasteiger partial charge in [-0.25, -0.2) is 14.6 Å². The lowest BCUT2D eigenvalue weighted by atomic mass is 10.0. The summed E-state index contributed by atoms with van der Waals surface area (Å²) < 4.78 is 10.4. The molecule has 7 nitrogen and oxygen atoms in total. The zero-order valence-corrected chi connectivity index (χ0v) is 18.5. The number of halogens is 1. The van der Waals surface area contributed by atoms with E-state index in [0.29, 0.717) is 24.3 Å². The van der Waals surface area contributed by atoms with E-state index in [1.165, 1.54) is 0 Å². The summed E-state index contributed by atoms with van der Waals surface area (Å²) in [6.07, 6.45) is 0.0436. The van der Waals surface area contributed by atoms with Crippen LogP contribution in [-0.4, -0.2) is 35.8 Å². The summed E-state index contributed by atoms with van der Waals surface area (Å²) in [5, 5.41) is 6.29. The van der Waals surface area contributed by atoms with Gasteiger partial charge in [-0.2, -0.15) is 0 Å². The van der Waals surface area contributed by atoms with Gasteiger partial charge in [0.05, 0.1) is 12.6 Å². The Hall–Kier alpha value is -2.80. The van der Waals surface area contributed by atoms with Crippen molar-refractivity contribution in [2.24, 2.45) is 0 Å². The van der Waals surface area contributed by atoms with Gasteiger partial charge in [0.25, 0.3) is 0 Å². The number of alkyl carbamates (subject to hydrolysis) is 1. The van der Waals surface area contributed by atoms with Gasteiger partial charge in [0, 0.05) is 6.54 Å². The molecule has 2 N–H and O–H groups in total. The van der Waals surface area contributed by atoms with E-state index in [0.717, 1.165) is 5.56 Å². The maximum Gasteiger partial charge on any atom is 0.407 e. The molecule has 30 heavy (non-hydrogen) atoms. The van der Waals surface area contributed by atoms with E-state index in [9.17, 15) is 9.59 Å². The van der Waals surface area contributed by atoms with Crippen LogP contribution in [-0.2, 0) is 9.47 Å². The summed E-state index contributed by atoms with van der Waals surface area (Å²) in [5.41, 5.74) is 0.697. The number of aromatic nitrogens is 1. The maximum atomic E-state index is 12.3. The van der Waals surface area contributed by atoms with E-state index in [1.807, 2.05) is 51.1 Å². The first kappa shape index (κ1) is 23.5. The van der Waals surface area contributed by atoms with Crippen molar-refractivity contribution in [1.82, 2.24) is 10.3 Å². The molecule has 8 heteroatoms. The monoisotopic (exact) mass is 433 g/mol. The van der Waals surface area contributed by atoms with Crippen molar-refractivity contribution in [3.63, 3.8) is 0 Å². The van der Waals surface area contributed by atoms with Crippen LogP contribution in [0.2, 0.25) is 5.15 Å². The van der Waals surface area contributed by atoms with Crippen molar-refractivity contribution in [2.75, 3.05) is 18.5 Å². The molecule has 1 amide bonds. The Morgan fingerprint density at radius 3 is 2.47 bits per heavy atom. The van der Waals surface area contributed by atoms with Crippen molar-refractivity contribution in [3.8, 4) is 0 Å². The smallest absolute Gasteiger partial charge is 0.407 e. The molecule has 1 aromatic heterocycles. The Morgan fingerprint density at radius 2 is 1.83 bits per heavy atom. The maximum absolute atomic E-state index is 12.3. The fourth-order valence-electron chi connectivity index (χ4n) is 2.72. The number of hydrogen-bond donors (Lipinski definition) is 2. The predicted octanol–water partition coefficient (Wildman–Crippen LogP) is 4.98. The van der Waals surface area contributed by atoms with Crippen LogP contribution in [0.25, 0.3) is 0 Å². The summed E-state index contributed by atoms with van der Waals surface area (Å²) in [7, 11) is 0. The predicted molar refractivity (Wildman–Crippen MR) is 117 cm³/mol. The zero-order chi connectivity index (χ0) is 22.1. The number of benzene rings is 1. The van der Waals surface area contributed by atoms with Crippen LogP contribution >= 0.6 is 11.6 Å². The van der Waals surface area contributed by atoms with Crippen molar-refractivity contribution in [3.05, 3.63) is 58.7 Å². The van der Waals surface area contributed by atoms with Gasteiger partial charge in [-0.05, 0) is 51.8 Å². The first-order chi connectivity index (χ1) is 14.2. The highest BCUT2D eigenvalue weighted by molar-refractivity contribution is 6.29. The minimum Gasteiger partial charge on any atom is -0.462 e. The van der Waals surface area contributed by atoms with Crippen molar-refractivity contribution >= 4 is 29.5 Å². The van der Waals surface area contributed by atoms with E-state index >= 15 is 0 Å². The van der Waals surface area contributed by atoms with Crippen LogP contribution < -0.4 is 10.6 Å². The Labute approximate surface area is 182 Å². The summed E-state index contributed by atoms with van der Waals surface area (Å²) >= 11 is 6.06. The number of carbonyl (C=O) groups is 2. The molecule has 0 saturated carbocycles. The number of amides is 1. The Bertz CT molecular complexity index is 853. The number of nitrogens with one attached hydrogen (secondary N) is 2. The number of ether oxygens (including phenoxy) is 2. The minimum absolute atomic E-state index is 0.236. The molecule has 2 rings (SSSR count). The summed E-state index contributed by atoms with van der Waals surface area (Å²) in [6.45, 7) is 7.77. The second kappa shape index (κ2) is 10.8. The second-order valence-electron chi connectivity index (χ2n) is 7.58. The number of anilines is 1. The number of carbonyl (C=O) groups excluding carboxylic acids is 2. The fourth-order valence-corrected chi connectivity index (χ4v) is 2.87. The molecule has 1 atom stereocenters. The molecule has 0 spiro atoms. The molecule has 2 aromatic rings. The van der Waals surface area contributed by atoms with E-state index in [2.05, 4.69) is 15.6 Å². The standard InChI is InChI=1S/C22H28ClN3O4/c1-5-29-20(27)16-11-12-18(23)26-19(16)25-17(15-9-7-6-8-10-15)13-14-24-21(28)30-22(2,3)4/h6-12,17H,5,13-14H2,1-4H3,(H,24,28)(H,25,26). The Kier molecular flexibility index (Phi) is 8.47. The van der Waals surface area contributed by atoms with Crippen LogP contribution in [0.3, 0.4) is 0 Å². The second-order valence-corrected chi connectivity index (χ2v) is 7.96. The molecule has 1 unspecified atom stereocenters. The first-order valence-electron chi connectivity index (χ1n) is 9.81. The van der Waals surface area contributed by atoms with Crippen LogP contribution in [0.4, 0.5) is 10.6 Å². The van der Waals surface area contributed by atoms with Gasteiger partial charge in [0.15, 0.2) is 0 Å². The van der Waals surface area contributed by atoms with E-state index in [1.54, 1.807) is 19.1 Å². The lowest BCUT2D eigenvalue weighted by Crippen LogP contribution is -2.34. The minimum atomic E-state index is -0.569. The molecule has 0 saturated heterocycles. The van der Waals surface area contributed by atoms with Gasteiger partial charge < -0.3 is 20.1 Å². The zero-order valence-electron chi connectivity index (χ0n) is 17.7.